The van der Waals surface area contributed by atoms with Gasteiger partial charge in [0.1, 0.15) is 0 Å². The van der Waals surface area contributed by atoms with Crippen LogP contribution < -0.4 is 5.32 Å². The highest BCUT2D eigenvalue weighted by Crippen LogP contribution is 2.27. The summed E-state index contributed by atoms with van der Waals surface area (Å²) in [7, 11) is -3.78. The Morgan fingerprint density at radius 1 is 1.57 bits per heavy atom. The summed E-state index contributed by atoms with van der Waals surface area (Å²) in [4.78, 5) is 10.9. The molecular weight excluding hydrogens is 340 g/mol. The molecule has 1 aromatic rings. The highest BCUT2D eigenvalue weighted by atomic mass is 35.5. The number of sulfonamides is 1. The summed E-state index contributed by atoms with van der Waals surface area (Å²) >= 11 is 6.55. The zero-order chi connectivity index (χ0) is 15.6. The van der Waals surface area contributed by atoms with Crippen molar-refractivity contribution in [3.8, 4) is 0 Å². The second-order valence-corrected chi connectivity index (χ2v) is 7.94. The molecule has 0 aliphatic carbocycles. The lowest BCUT2D eigenvalue weighted by Gasteiger charge is -2.35. The Balaban J connectivity index is 2.23. The van der Waals surface area contributed by atoms with Gasteiger partial charge in [-0.15, -0.1) is 21.8 Å². The van der Waals surface area contributed by atoms with Crippen LogP contribution >= 0.6 is 22.9 Å². The van der Waals surface area contributed by atoms with Crippen molar-refractivity contribution >= 4 is 44.0 Å². The molecule has 118 valence electrons. The SMILES string of the molecule is CC(=O)Nc1nnc(S(=O)(=O)N2CC(CCl)OCC2C)s1. The molecule has 2 heterocycles. The van der Waals surface area contributed by atoms with Crippen molar-refractivity contribution < 1.29 is 17.9 Å². The van der Waals surface area contributed by atoms with E-state index < -0.39 is 10.0 Å². The first-order chi connectivity index (χ1) is 9.84. The highest BCUT2D eigenvalue weighted by molar-refractivity contribution is 7.91. The Kier molecular flexibility index (Phi) is 5.15. The molecule has 0 bridgehead atoms. The number of halogens is 1. The Morgan fingerprint density at radius 3 is 2.90 bits per heavy atom. The third-order valence-electron chi connectivity index (χ3n) is 2.84. The van der Waals surface area contributed by atoms with Crippen molar-refractivity contribution in [2.45, 2.75) is 30.3 Å². The molecular formula is C10H15ClN4O4S2. The fourth-order valence-corrected chi connectivity index (χ4v) is 4.73. The number of alkyl halides is 1. The van der Waals surface area contributed by atoms with Gasteiger partial charge >= 0.3 is 0 Å². The minimum Gasteiger partial charge on any atom is -0.374 e. The molecule has 2 atom stereocenters. The van der Waals surface area contributed by atoms with Gasteiger partial charge in [-0.1, -0.05) is 11.3 Å². The number of rotatable bonds is 4. The Hall–Kier alpha value is -0.810. The molecule has 8 nitrogen and oxygen atoms in total. The van der Waals surface area contributed by atoms with Gasteiger partial charge in [0.05, 0.1) is 12.7 Å². The second-order valence-electron chi connectivity index (χ2n) is 4.59. The molecule has 0 radical (unpaired) electrons. The topological polar surface area (TPSA) is 101 Å². The number of amides is 1. The van der Waals surface area contributed by atoms with Gasteiger partial charge in [-0.05, 0) is 6.92 Å². The molecule has 1 saturated heterocycles. The molecule has 0 aromatic carbocycles. The predicted octanol–water partition coefficient (Wildman–Crippen LogP) is 0.513. The van der Waals surface area contributed by atoms with Crippen LogP contribution in [0.5, 0.6) is 0 Å². The van der Waals surface area contributed by atoms with E-state index in [1.54, 1.807) is 6.92 Å². The van der Waals surface area contributed by atoms with Crippen molar-refractivity contribution in [1.29, 1.82) is 0 Å². The second kappa shape index (κ2) is 6.53. The van der Waals surface area contributed by atoms with Crippen molar-refractivity contribution in [2.24, 2.45) is 0 Å². The third-order valence-corrected chi connectivity index (χ3v) is 6.35. The van der Waals surface area contributed by atoms with Gasteiger partial charge in [-0.25, -0.2) is 8.42 Å². The molecule has 2 rings (SSSR count). The zero-order valence-electron chi connectivity index (χ0n) is 11.4. The Bertz CT molecular complexity index is 620. The number of hydrogen-bond donors (Lipinski definition) is 1. The standard InChI is InChI=1S/C10H15ClN4O4S2/c1-6-5-19-8(3-11)4-15(6)21(17,18)10-14-13-9(20-10)12-7(2)16/h6,8H,3-5H2,1-2H3,(H,12,13,16). The quantitative estimate of drug-likeness (QED) is 0.624. The normalized spacial score (nSPS) is 24.0. The molecule has 1 N–H and O–H groups in total. The van der Waals surface area contributed by atoms with E-state index in [0.717, 1.165) is 11.3 Å². The largest absolute Gasteiger partial charge is 0.374 e. The predicted molar refractivity (Wildman–Crippen MR) is 78.0 cm³/mol. The maximum absolute atomic E-state index is 12.6. The first-order valence-corrected chi connectivity index (χ1v) is 8.94. The van der Waals surface area contributed by atoms with E-state index in [0.29, 0.717) is 0 Å². The fourth-order valence-electron chi connectivity index (χ4n) is 1.84. The third kappa shape index (κ3) is 3.69. The number of nitrogens with one attached hydrogen (secondary N) is 1. The number of morpholine rings is 1. The van der Waals surface area contributed by atoms with Crippen LogP contribution in [-0.4, -0.2) is 60.0 Å². The van der Waals surface area contributed by atoms with Gasteiger partial charge in [0, 0.05) is 25.4 Å². The van der Waals surface area contributed by atoms with Crippen molar-refractivity contribution in [2.75, 3.05) is 24.3 Å². The average Bonchev–Trinajstić information content (AvgIpc) is 2.87. The molecule has 21 heavy (non-hydrogen) atoms. The smallest absolute Gasteiger partial charge is 0.272 e. The van der Waals surface area contributed by atoms with E-state index in [1.807, 2.05) is 0 Å². The fraction of sp³-hybridized carbons (Fsp3) is 0.700. The van der Waals surface area contributed by atoms with Crippen LogP contribution in [-0.2, 0) is 19.6 Å². The lowest BCUT2D eigenvalue weighted by Crippen LogP contribution is -2.51. The van der Waals surface area contributed by atoms with Crippen LogP contribution in [0.4, 0.5) is 5.13 Å². The summed E-state index contributed by atoms with van der Waals surface area (Å²) < 4.78 is 31.7. The maximum atomic E-state index is 12.6. The van der Waals surface area contributed by atoms with E-state index in [-0.39, 0.29) is 46.6 Å². The zero-order valence-corrected chi connectivity index (χ0v) is 13.8. The number of anilines is 1. The molecule has 1 fully saturated rings. The summed E-state index contributed by atoms with van der Waals surface area (Å²) in [6.07, 6.45) is -0.347. The Labute approximate surface area is 131 Å². The minimum atomic E-state index is -3.78. The van der Waals surface area contributed by atoms with E-state index >= 15 is 0 Å². The maximum Gasteiger partial charge on any atom is 0.272 e. The number of hydrogen-bond acceptors (Lipinski definition) is 7. The van der Waals surface area contributed by atoms with Crippen LogP contribution in [0.1, 0.15) is 13.8 Å². The summed E-state index contributed by atoms with van der Waals surface area (Å²) in [5.74, 6) is -0.122. The van der Waals surface area contributed by atoms with Crippen molar-refractivity contribution in [3.05, 3.63) is 0 Å². The van der Waals surface area contributed by atoms with Gasteiger partial charge in [-0.2, -0.15) is 4.31 Å². The molecule has 0 spiro atoms. The number of carbonyl (C=O) groups excluding carboxylic acids is 1. The van der Waals surface area contributed by atoms with Gasteiger partial charge in [-0.3, -0.25) is 4.79 Å². The van der Waals surface area contributed by atoms with Gasteiger partial charge in [0.15, 0.2) is 0 Å². The molecule has 1 aromatic heterocycles. The van der Waals surface area contributed by atoms with Gasteiger partial charge in [0.25, 0.3) is 10.0 Å². The summed E-state index contributed by atoms with van der Waals surface area (Å²) in [6, 6.07) is -0.317. The van der Waals surface area contributed by atoms with Crippen LogP contribution in [0.25, 0.3) is 0 Å². The summed E-state index contributed by atoms with van der Waals surface area (Å²) in [5, 5.41) is 9.86. The van der Waals surface area contributed by atoms with Gasteiger partial charge < -0.3 is 10.1 Å². The summed E-state index contributed by atoms with van der Waals surface area (Å²) in [5.41, 5.74) is 0. The first kappa shape index (κ1) is 16.6. The summed E-state index contributed by atoms with van der Waals surface area (Å²) in [6.45, 7) is 3.50. The molecule has 1 aliphatic heterocycles. The lowest BCUT2D eigenvalue weighted by molar-refractivity contribution is -0.114. The lowest BCUT2D eigenvalue weighted by atomic mass is 10.2. The van der Waals surface area contributed by atoms with Crippen molar-refractivity contribution in [1.82, 2.24) is 14.5 Å². The Morgan fingerprint density at radius 2 is 2.29 bits per heavy atom. The first-order valence-electron chi connectivity index (χ1n) is 6.15. The molecule has 1 amide bonds. The van der Waals surface area contributed by atoms with E-state index in [2.05, 4.69) is 15.5 Å². The minimum absolute atomic E-state index is 0.149. The van der Waals surface area contributed by atoms with E-state index in [4.69, 9.17) is 16.3 Å². The average molecular weight is 355 g/mol. The number of nitrogens with zero attached hydrogens (tertiary/aromatic N) is 3. The van der Waals surface area contributed by atoms with Gasteiger partial charge in [0.2, 0.25) is 15.4 Å². The van der Waals surface area contributed by atoms with Crippen molar-refractivity contribution in [3.63, 3.8) is 0 Å². The number of ether oxygens (including phenoxy) is 1. The van der Waals surface area contributed by atoms with E-state index in [9.17, 15) is 13.2 Å². The molecule has 2 unspecified atom stereocenters. The molecule has 0 saturated carbocycles. The van der Waals surface area contributed by atoms with E-state index in [1.165, 1.54) is 11.2 Å². The highest BCUT2D eigenvalue weighted by Gasteiger charge is 2.37. The van der Waals surface area contributed by atoms with Crippen LogP contribution in [0.15, 0.2) is 4.34 Å². The number of carbonyl (C=O) groups is 1. The van der Waals surface area contributed by atoms with Crippen LogP contribution in [0.2, 0.25) is 0 Å². The monoisotopic (exact) mass is 354 g/mol. The number of aromatic nitrogens is 2. The van der Waals surface area contributed by atoms with Crippen LogP contribution in [0.3, 0.4) is 0 Å². The molecule has 11 heteroatoms. The van der Waals surface area contributed by atoms with Crippen LogP contribution in [0, 0.1) is 0 Å². The molecule has 1 aliphatic rings.